The molecule has 3 aliphatic heterocycles. The third-order valence-electron chi connectivity index (χ3n) is 12.7. The SMILES string of the molecule is CC[C@@]1(O)C[C@H](O[C@H]2C[C@@H](N(C)C)[C@@H](O[C@@H]3CC[C@H](O[C@@H]4CC[C@@H](O)[C@@H](C)O4)[C@@H](C)O3)[C@@H](C)O2)c2c(cc3c(c2O)C(=O)c2c(O)ccc(O)c2C3=O)[C@@H]1C(=O)OC. The first kappa shape index (κ1) is 42.4. The van der Waals surface area contributed by atoms with Gasteiger partial charge in [0.25, 0.3) is 0 Å². The lowest BCUT2D eigenvalue weighted by molar-refractivity contribution is -0.314. The molecule has 58 heavy (non-hydrogen) atoms. The van der Waals surface area contributed by atoms with Gasteiger partial charge in [-0.3, -0.25) is 14.4 Å². The van der Waals surface area contributed by atoms with Gasteiger partial charge in [0.15, 0.2) is 24.7 Å². The number of fused-ring (bicyclic) bond motifs is 3. The minimum absolute atomic E-state index is 0.00169. The summed E-state index contributed by atoms with van der Waals surface area (Å²) in [6.45, 7) is 7.30. The average molecular weight is 814 g/mol. The molecule has 2 aromatic rings. The fourth-order valence-electron chi connectivity index (χ4n) is 9.36. The smallest absolute Gasteiger partial charge is 0.316 e. The summed E-state index contributed by atoms with van der Waals surface area (Å²) in [6.07, 6.45) is -2.81. The van der Waals surface area contributed by atoms with Crippen LogP contribution in [0.5, 0.6) is 17.2 Å². The van der Waals surface area contributed by atoms with Gasteiger partial charge in [0.05, 0.1) is 66.0 Å². The highest BCUT2D eigenvalue weighted by atomic mass is 16.7. The van der Waals surface area contributed by atoms with Crippen molar-refractivity contribution in [2.45, 2.75) is 152 Å². The van der Waals surface area contributed by atoms with E-state index in [1.807, 2.05) is 39.8 Å². The van der Waals surface area contributed by atoms with Crippen molar-refractivity contribution in [1.82, 2.24) is 4.90 Å². The molecule has 5 aliphatic rings. The van der Waals surface area contributed by atoms with Gasteiger partial charge in [-0.25, -0.2) is 0 Å². The summed E-state index contributed by atoms with van der Waals surface area (Å²) in [5.74, 6) is -5.75. The molecule has 16 heteroatoms. The number of phenolic OH excluding ortho intramolecular Hbond substituents is 3. The number of esters is 1. The van der Waals surface area contributed by atoms with Gasteiger partial charge >= 0.3 is 5.97 Å². The Balaban J connectivity index is 1.13. The normalized spacial score (nSPS) is 36.2. The van der Waals surface area contributed by atoms with E-state index in [-0.39, 0.29) is 60.3 Å². The molecule has 0 bridgehead atoms. The van der Waals surface area contributed by atoms with Crippen molar-refractivity contribution in [3.8, 4) is 17.2 Å². The van der Waals surface area contributed by atoms with Gasteiger partial charge in [0.2, 0.25) is 5.78 Å². The highest BCUT2D eigenvalue weighted by molar-refractivity contribution is 6.31. The maximum atomic E-state index is 14.0. The molecule has 0 radical (unpaired) electrons. The highest BCUT2D eigenvalue weighted by Crippen LogP contribution is 2.54. The summed E-state index contributed by atoms with van der Waals surface area (Å²) >= 11 is 0. The second kappa shape index (κ2) is 16.4. The molecular formula is C42H55NO15. The van der Waals surface area contributed by atoms with Crippen LogP contribution in [0.4, 0.5) is 0 Å². The van der Waals surface area contributed by atoms with Crippen LogP contribution < -0.4 is 0 Å². The van der Waals surface area contributed by atoms with E-state index < -0.39 is 106 Å². The van der Waals surface area contributed by atoms with Crippen LogP contribution in [-0.4, -0.2) is 136 Å². The molecule has 0 spiro atoms. The van der Waals surface area contributed by atoms with Crippen molar-refractivity contribution in [1.29, 1.82) is 0 Å². The van der Waals surface area contributed by atoms with Crippen LogP contribution >= 0.6 is 0 Å². The van der Waals surface area contributed by atoms with Crippen molar-refractivity contribution < 1.29 is 73.1 Å². The highest BCUT2D eigenvalue weighted by Gasteiger charge is 2.53. The Bertz CT molecular complexity index is 1920. The maximum Gasteiger partial charge on any atom is 0.316 e. The van der Waals surface area contributed by atoms with Gasteiger partial charge in [-0.2, -0.15) is 0 Å². The van der Waals surface area contributed by atoms with Crippen LogP contribution in [0.1, 0.15) is 128 Å². The monoisotopic (exact) mass is 813 g/mol. The van der Waals surface area contributed by atoms with Crippen LogP contribution in [-0.2, 0) is 38.0 Å². The van der Waals surface area contributed by atoms with E-state index in [0.29, 0.717) is 25.7 Å². The predicted molar refractivity (Wildman–Crippen MR) is 203 cm³/mol. The minimum atomic E-state index is -1.78. The summed E-state index contributed by atoms with van der Waals surface area (Å²) in [5, 5.41) is 55.3. The molecule has 13 atom stereocenters. The number of carbonyl (C=O) groups is 3. The lowest BCUT2D eigenvalue weighted by Gasteiger charge is -2.48. The van der Waals surface area contributed by atoms with E-state index in [2.05, 4.69) is 0 Å². The number of aliphatic hydroxyl groups excluding tert-OH is 1. The molecule has 0 amide bonds. The quantitative estimate of drug-likeness (QED) is 0.154. The van der Waals surface area contributed by atoms with Gasteiger partial charge in [-0.15, -0.1) is 0 Å². The molecule has 2 aromatic carbocycles. The standard InChI is InChI=1S/C42H55NO15/c1-8-42(51)17-28(32-21(36(42)41(50)52-7)15-22-33(38(32)48)39(49)35-26(46)10-9-25(45)34(35)37(22)47)57-31-16-23(43(5)6)40(20(4)55-31)58-30-14-12-27(19(3)54-30)56-29-13-11-24(44)18(2)53-29/h9-10,15,18-20,23-24,27-31,36,40,44-46,48,51H,8,11-14,16-17H2,1-7H3/t18-,19-,20-,23-,24-,27+,28+,29-,30-,31+,36-,40+,42-/m1/s1. The number of ketones is 2. The van der Waals surface area contributed by atoms with E-state index in [0.717, 1.165) is 19.2 Å². The number of likely N-dealkylation sites (N-methyl/N-ethyl adjacent to an activating group) is 1. The fourth-order valence-corrected chi connectivity index (χ4v) is 9.36. The number of rotatable bonds is 9. The van der Waals surface area contributed by atoms with E-state index in [1.165, 1.54) is 6.07 Å². The van der Waals surface area contributed by atoms with Gasteiger partial charge in [0, 0.05) is 42.9 Å². The van der Waals surface area contributed by atoms with Crippen molar-refractivity contribution in [3.63, 3.8) is 0 Å². The third kappa shape index (κ3) is 7.52. The Morgan fingerprint density at radius 1 is 0.845 bits per heavy atom. The van der Waals surface area contributed by atoms with E-state index >= 15 is 0 Å². The lowest BCUT2D eigenvalue weighted by atomic mass is 9.67. The van der Waals surface area contributed by atoms with Crippen LogP contribution in [0.15, 0.2) is 18.2 Å². The summed E-state index contributed by atoms with van der Waals surface area (Å²) < 4.78 is 43.2. The second-order valence-corrected chi connectivity index (χ2v) is 16.5. The second-order valence-electron chi connectivity index (χ2n) is 16.5. The molecule has 0 saturated carbocycles. The number of nitrogens with zero attached hydrogens (tertiary/aromatic N) is 1. The summed E-state index contributed by atoms with van der Waals surface area (Å²) in [4.78, 5) is 43.3. The predicted octanol–water partition coefficient (Wildman–Crippen LogP) is 3.68. The number of hydrogen-bond acceptors (Lipinski definition) is 16. The lowest BCUT2D eigenvalue weighted by Crippen LogP contribution is -2.57. The molecule has 5 N–H and O–H groups in total. The molecule has 3 fully saturated rings. The molecule has 16 nitrogen and oxygen atoms in total. The van der Waals surface area contributed by atoms with Crippen LogP contribution in [0.25, 0.3) is 0 Å². The molecule has 0 unspecified atom stereocenters. The number of methoxy groups -OCH3 is 1. The number of aromatic hydroxyl groups is 3. The van der Waals surface area contributed by atoms with E-state index in [9.17, 15) is 39.9 Å². The number of benzene rings is 2. The summed E-state index contributed by atoms with van der Waals surface area (Å²) in [6, 6.07) is 3.16. The first-order valence-corrected chi connectivity index (χ1v) is 20.1. The number of carbonyl (C=O) groups excluding carboxylic acids is 3. The Labute approximate surface area is 336 Å². The zero-order valence-corrected chi connectivity index (χ0v) is 33.9. The number of hydrogen-bond donors (Lipinski definition) is 5. The number of aliphatic hydroxyl groups is 2. The molecular weight excluding hydrogens is 758 g/mol. The number of phenols is 3. The molecule has 3 saturated heterocycles. The number of ether oxygens (including phenoxy) is 7. The first-order chi connectivity index (χ1) is 27.5. The first-order valence-electron chi connectivity index (χ1n) is 20.1. The summed E-state index contributed by atoms with van der Waals surface area (Å²) in [5.41, 5.74) is -3.41. The topological polar surface area (TPSA) is 220 Å². The van der Waals surface area contributed by atoms with Crippen molar-refractivity contribution in [2.24, 2.45) is 0 Å². The van der Waals surface area contributed by atoms with Gasteiger partial charge < -0.3 is 63.6 Å². The zero-order valence-electron chi connectivity index (χ0n) is 33.9. The van der Waals surface area contributed by atoms with Gasteiger partial charge in [-0.05, 0) is 77.9 Å². The average Bonchev–Trinajstić information content (AvgIpc) is 3.17. The molecule has 0 aromatic heterocycles. The Morgan fingerprint density at radius 3 is 2.09 bits per heavy atom. The Kier molecular flexibility index (Phi) is 12.0. The van der Waals surface area contributed by atoms with Crippen molar-refractivity contribution in [3.05, 3.63) is 51.6 Å². The molecule has 318 valence electrons. The van der Waals surface area contributed by atoms with Gasteiger partial charge in [0.1, 0.15) is 29.3 Å². The Hall–Kier alpha value is -3.71. The minimum Gasteiger partial charge on any atom is -0.507 e. The van der Waals surface area contributed by atoms with Crippen LogP contribution in [0.3, 0.4) is 0 Å². The third-order valence-corrected chi connectivity index (χ3v) is 12.7. The van der Waals surface area contributed by atoms with Crippen LogP contribution in [0.2, 0.25) is 0 Å². The molecule has 7 rings (SSSR count). The largest absolute Gasteiger partial charge is 0.507 e. The van der Waals surface area contributed by atoms with E-state index in [1.54, 1.807) is 6.92 Å². The maximum absolute atomic E-state index is 14.0. The summed E-state index contributed by atoms with van der Waals surface area (Å²) in [7, 11) is 4.97. The van der Waals surface area contributed by atoms with Crippen molar-refractivity contribution >= 4 is 17.5 Å². The van der Waals surface area contributed by atoms with E-state index in [4.69, 9.17) is 33.2 Å². The Morgan fingerprint density at radius 2 is 1.47 bits per heavy atom. The molecule has 2 aliphatic carbocycles. The fraction of sp³-hybridized carbons (Fsp3) is 0.643. The van der Waals surface area contributed by atoms with Crippen molar-refractivity contribution in [2.75, 3.05) is 21.2 Å². The van der Waals surface area contributed by atoms with Crippen LogP contribution in [0, 0.1) is 0 Å². The molecule has 3 heterocycles. The van der Waals surface area contributed by atoms with Gasteiger partial charge in [-0.1, -0.05) is 6.92 Å². The zero-order chi connectivity index (χ0) is 42.0.